The Morgan fingerprint density at radius 2 is 1.87 bits per heavy atom. The Labute approximate surface area is 265 Å². The van der Waals surface area contributed by atoms with Crippen LogP contribution in [0.2, 0.25) is 4.34 Å². The van der Waals surface area contributed by atoms with Crippen LogP contribution in [0.3, 0.4) is 0 Å². The summed E-state index contributed by atoms with van der Waals surface area (Å²) in [6, 6.07) is 16.2. The molecular formula is C28H29ClF3N5O6S2. The molecule has 0 saturated carbocycles. The van der Waals surface area contributed by atoms with Crippen LogP contribution < -0.4 is 20.1 Å². The molecule has 4 aromatic rings. The first kappa shape index (κ1) is 34.0. The maximum atomic E-state index is 13.0. The van der Waals surface area contributed by atoms with E-state index in [0.717, 1.165) is 48.3 Å². The topological polar surface area (TPSA) is 152 Å². The van der Waals surface area contributed by atoms with Gasteiger partial charge in [-0.05, 0) is 54.8 Å². The monoisotopic (exact) mass is 687 g/mol. The Balaban J connectivity index is 0.000000591. The quantitative estimate of drug-likeness (QED) is 0.192. The molecule has 1 aliphatic heterocycles. The normalized spacial score (nSPS) is 15.2. The number of hydrogen-bond donors (Lipinski definition) is 4. The molecule has 45 heavy (non-hydrogen) atoms. The lowest BCUT2D eigenvalue weighted by Gasteiger charge is -2.22. The summed E-state index contributed by atoms with van der Waals surface area (Å²) in [5, 5.41) is 18.6. The standard InChI is InChI=1S/C26H28ClN5O4S2.C2HF3O2/c1-36-21-10-5-9-20-24(21)25(31-38(34,35)23-12-11-22(27)37-23)30-32(20)16-18-7-4-6-17(14-18)15-29-26(33)19-8-2-3-13-28-19;3-2(4,5)1(6)7/h4-7,9-12,14,19,28H,2-3,8,13,15-16H2,1H3,(H,29,33)(H,30,31);(H,6,7)/t19-;/m1./s1. The van der Waals surface area contributed by atoms with Gasteiger partial charge >= 0.3 is 12.1 Å². The molecule has 2 aromatic carbocycles. The molecule has 17 heteroatoms. The molecule has 0 spiro atoms. The van der Waals surface area contributed by atoms with Gasteiger partial charge in [-0.25, -0.2) is 13.2 Å². The number of carboxylic acids is 1. The number of ether oxygens (including phenoxy) is 1. The number of carboxylic acid groups (broad SMARTS) is 1. The van der Waals surface area contributed by atoms with Crippen LogP contribution in [0, 0.1) is 0 Å². The number of piperidine rings is 1. The number of hydrogen-bond acceptors (Lipinski definition) is 8. The summed E-state index contributed by atoms with van der Waals surface area (Å²) in [6.45, 7) is 1.69. The van der Waals surface area contributed by atoms with Gasteiger partial charge in [0.25, 0.3) is 10.0 Å². The molecule has 3 heterocycles. The Morgan fingerprint density at radius 3 is 2.49 bits per heavy atom. The number of halogens is 4. The van der Waals surface area contributed by atoms with Crippen molar-refractivity contribution in [1.29, 1.82) is 0 Å². The Hall–Kier alpha value is -3.86. The van der Waals surface area contributed by atoms with Gasteiger partial charge in [-0.15, -0.1) is 11.3 Å². The summed E-state index contributed by atoms with van der Waals surface area (Å²) in [4.78, 5) is 21.4. The van der Waals surface area contributed by atoms with Gasteiger partial charge in [-0.1, -0.05) is 48.4 Å². The van der Waals surface area contributed by atoms with Crippen molar-refractivity contribution in [2.75, 3.05) is 18.4 Å². The first-order valence-corrected chi connectivity index (χ1v) is 16.2. The Morgan fingerprint density at radius 1 is 1.16 bits per heavy atom. The average Bonchev–Trinajstić information content (AvgIpc) is 3.60. The third-order valence-electron chi connectivity index (χ3n) is 6.66. The first-order chi connectivity index (χ1) is 21.3. The predicted octanol–water partition coefficient (Wildman–Crippen LogP) is 5.00. The molecule has 1 aliphatic rings. The van der Waals surface area contributed by atoms with Gasteiger partial charge < -0.3 is 20.5 Å². The minimum Gasteiger partial charge on any atom is -0.496 e. The van der Waals surface area contributed by atoms with E-state index in [1.54, 1.807) is 16.8 Å². The van der Waals surface area contributed by atoms with Crippen molar-refractivity contribution < 1.29 is 41.0 Å². The van der Waals surface area contributed by atoms with Crippen molar-refractivity contribution in [1.82, 2.24) is 20.4 Å². The van der Waals surface area contributed by atoms with Gasteiger partial charge in [-0.3, -0.25) is 14.2 Å². The summed E-state index contributed by atoms with van der Waals surface area (Å²) in [5.74, 6) is -2.06. The summed E-state index contributed by atoms with van der Waals surface area (Å²) in [5.41, 5.74) is 2.64. The summed E-state index contributed by atoms with van der Waals surface area (Å²) >= 11 is 6.93. The van der Waals surface area contributed by atoms with Gasteiger partial charge in [0, 0.05) is 6.54 Å². The van der Waals surface area contributed by atoms with Crippen LogP contribution in [0.5, 0.6) is 5.75 Å². The number of aromatic nitrogens is 2. The molecule has 0 radical (unpaired) electrons. The number of carbonyl (C=O) groups excluding carboxylic acids is 1. The first-order valence-electron chi connectivity index (χ1n) is 13.5. The highest BCUT2D eigenvalue weighted by Crippen LogP contribution is 2.35. The molecule has 4 N–H and O–H groups in total. The number of anilines is 1. The van der Waals surface area contributed by atoms with Gasteiger partial charge in [-0.2, -0.15) is 18.3 Å². The molecule has 11 nitrogen and oxygen atoms in total. The molecule has 1 amide bonds. The minimum absolute atomic E-state index is 0.0178. The smallest absolute Gasteiger partial charge is 0.490 e. The lowest BCUT2D eigenvalue weighted by atomic mass is 10.0. The molecule has 0 aliphatic carbocycles. The van der Waals surface area contributed by atoms with Crippen LogP contribution in [-0.4, -0.2) is 61.1 Å². The van der Waals surface area contributed by atoms with Crippen LogP contribution in [0.1, 0.15) is 30.4 Å². The van der Waals surface area contributed by atoms with E-state index in [0.29, 0.717) is 34.1 Å². The number of methoxy groups -OCH3 is 1. The third-order valence-corrected chi connectivity index (χ3v) is 9.73. The van der Waals surface area contributed by atoms with E-state index in [-0.39, 0.29) is 22.0 Å². The Kier molecular flexibility index (Phi) is 11.0. The second-order valence-electron chi connectivity index (χ2n) is 9.87. The van der Waals surface area contributed by atoms with Gasteiger partial charge in [0.1, 0.15) is 9.96 Å². The second kappa shape index (κ2) is 14.5. The van der Waals surface area contributed by atoms with Crippen LogP contribution in [0.25, 0.3) is 10.9 Å². The zero-order valence-electron chi connectivity index (χ0n) is 23.7. The number of amides is 1. The summed E-state index contributed by atoms with van der Waals surface area (Å²) in [6.07, 6.45) is -2.07. The van der Waals surface area contributed by atoms with E-state index >= 15 is 0 Å². The number of nitrogens with one attached hydrogen (secondary N) is 3. The molecule has 0 unspecified atom stereocenters. The summed E-state index contributed by atoms with van der Waals surface area (Å²) in [7, 11) is -2.36. The molecule has 2 aromatic heterocycles. The van der Waals surface area contributed by atoms with Gasteiger partial charge in [0.15, 0.2) is 5.82 Å². The van der Waals surface area contributed by atoms with Crippen molar-refractivity contribution in [3.05, 3.63) is 70.1 Å². The van der Waals surface area contributed by atoms with Crippen LogP contribution in [-0.2, 0) is 32.7 Å². The minimum atomic E-state index is -5.08. The molecule has 1 atom stereocenters. The van der Waals surface area contributed by atoms with Crippen molar-refractivity contribution in [2.24, 2.45) is 0 Å². The highest BCUT2D eigenvalue weighted by atomic mass is 35.5. The largest absolute Gasteiger partial charge is 0.496 e. The lowest BCUT2D eigenvalue weighted by Crippen LogP contribution is -2.46. The fourth-order valence-corrected chi connectivity index (χ4v) is 7.07. The highest BCUT2D eigenvalue weighted by molar-refractivity contribution is 7.94. The van der Waals surface area contributed by atoms with E-state index < -0.39 is 22.2 Å². The second-order valence-corrected chi connectivity index (χ2v) is 13.5. The van der Waals surface area contributed by atoms with E-state index in [2.05, 4.69) is 20.5 Å². The zero-order chi connectivity index (χ0) is 32.8. The third kappa shape index (κ3) is 8.87. The van der Waals surface area contributed by atoms with Crippen LogP contribution in [0.4, 0.5) is 19.0 Å². The number of benzene rings is 2. The number of thiophene rings is 1. The van der Waals surface area contributed by atoms with Crippen molar-refractivity contribution in [3.8, 4) is 5.75 Å². The van der Waals surface area contributed by atoms with E-state index in [4.69, 9.17) is 26.2 Å². The molecule has 0 bridgehead atoms. The SMILES string of the molecule is COc1cccc2c1c(NS(=O)(=O)c1ccc(Cl)s1)nn2Cc1cccc(CNC(=O)[C@H]2CCCCN2)c1.O=C(O)C(F)(F)F. The fraction of sp³-hybridized carbons (Fsp3) is 0.321. The lowest BCUT2D eigenvalue weighted by molar-refractivity contribution is -0.192. The number of nitrogens with zero attached hydrogens (tertiary/aromatic N) is 2. The van der Waals surface area contributed by atoms with E-state index in [1.165, 1.54) is 13.2 Å². The Bertz CT molecular complexity index is 1770. The predicted molar refractivity (Wildman–Crippen MR) is 163 cm³/mol. The maximum Gasteiger partial charge on any atom is 0.490 e. The van der Waals surface area contributed by atoms with Crippen molar-refractivity contribution >= 4 is 61.6 Å². The zero-order valence-corrected chi connectivity index (χ0v) is 26.1. The van der Waals surface area contributed by atoms with Crippen LogP contribution >= 0.6 is 22.9 Å². The molecule has 242 valence electrons. The van der Waals surface area contributed by atoms with E-state index in [1.807, 2.05) is 36.4 Å². The molecule has 1 fully saturated rings. The molecule has 1 saturated heterocycles. The van der Waals surface area contributed by atoms with Crippen LogP contribution in [0.15, 0.2) is 58.8 Å². The number of alkyl halides is 3. The number of carbonyl (C=O) groups is 2. The average molecular weight is 688 g/mol. The van der Waals surface area contributed by atoms with Gasteiger partial charge in [0.05, 0.1) is 34.9 Å². The molecular weight excluding hydrogens is 659 g/mol. The summed E-state index contributed by atoms with van der Waals surface area (Å²) < 4.78 is 68.1. The van der Waals surface area contributed by atoms with Gasteiger partial charge in [0.2, 0.25) is 5.91 Å². The fourth-order valence-electron chi connectivity index (χ4n) is 4.58. The number of fused-ring (bicyclic) bond motifs is 1. The molecule has 5 rings (SSSR count). The number of aliphatic carboxylic acids is 1. The number of rotatable bonds is 9. The van der Waals surface area contributed by atoms with E-state index in [9.17, 15) is 26.4 Å². The maximum absolute atomic E-state index is 13.0. The number of sulfonamides is 1. The van der Waals surface area contributed by atoms with Crippen molar-refractivity contribution in [3.63, 3.8) is 0 Å². The highest BCUT2D eigenvalue weighted by Gasteiger charge is 2.38. The van der Waals surface area contributed by atoms with Crippen molar-refractivity contribution in [2.45, 2.75) is 48.8 Å².